The topological polar surface area (TPSA) is 72.5 Å². The van der Waals surface area contributed by atoms with Crippen LogP contribution in [0.15, 0.2) is 54.2 Å². The number of benzene rings is 1. The number of rotatable bonds is 13. The lowest BCUT2D eigenvalue weighted by Gasteiger charge is -2.25. The first kappa shape index (κ1) is 26.9. The van der Waals surface area contributed by atoms with Crippen molar-refractivity contribution in [3.8, 4) is 0 Å². The van der Waals surface area contributed by atoms with Crippen LogP contribution >= 0.6 is 0 Å². The number of alkyl halides is 3. The van der Waals surface area contributed by atoms with Crippen LogP contribution in [-0.2, 0) is 25.5 Å². The van der Waals surface area contributed by atoms with Gasteiger partial charge >= 0.3 is 6.18 Å². The van der Waals surface area contributed by atoms with Gasteiger partial charge in [-0.25, -0.2) is 8.42 Å². The SMILES string of the molecule is C=CC(CNCC(CC=O)C(C)S(=O)(=O)c1cccc(C(F)(F)F)c1)C(C)/C=C/OC. The van der Waals surface area contributed by atoms with Crippen LogP contribution in [-0.4, -0.2) is 40.2 Å². The van der Waals surface area contributed by atoms with E-state index < -0.39 is 37.6 Å². The number of carbonyl (C=O) groups excluding carboxylic acids is 1. The Kier molecular flexibility index (Phi) is 10.5. The van der Waals surface area contributed by atoms with Crippen molar-refractivity contribution in [2.24, 2.45) is 17.8 Å². The summed E-state index contributed by atoms with van der Waals surface area (Å²) in [6.45, 7) is 7.91. The second-order valence-electron chi connectivity index (χ2n) is 7.42. The van der Waals surface area contributed by atoms with Crippen molar-refractivity contribution in [3.63, 3.8) is 0 Å². The summed E-state index contributed by atoms with van der Waals surface area (Å²) in [7, 11) is -2.53. The Balaban J connectivity index is 2.95. The molecule has 0 saturated carbocycles. The molecule has 1 rings (SSSR count). The standard InChI is InChI=1S/C22H30F3NO4S/c1-5-18(16(2)10-12-30-4)14-26-15-19(9-11-27)17(3)31(28,29)21-8-6-7-20(13-21)22(23,24)25/h5-8,10-13,16-19,26H,1,9,14-15H2,2-4H3/b12-10+. The number of hydrogen-bond acceptors (Lipinski definition) is 5. The molecule has 1 N–H and O–H groups in total. The van der Waals surface area contributed by atoms with Gasteiger partial charge in [-0.15, -0.1) is 6.58 Å². The molecule has 0 aliphatic rings. The molecule has 174 valence electrons. The maximum Gasteiger partial charge on any atom is 0.416 e. The van der Waals surface area contributed by atoms with Crippen LogP contribution in [0.4, 0.5) is 13.2 Å². The van der Waals surface area contributed by atoms with Crippen molar-refractivity contribution in [3.05, 3.63) is 54.8 Å². The first-order valence-corrected chi connectivity index (χ1v) is 11.4. The summed E-state index contributed by atoms with van der Waals surface area (Å²) in [6.07, 6.45) is 1.16. The van der Waals surface area contributed by atoms with Crippen LogP contribution in [0, 0.1) is 17.8 Å². The van der Waals surface area contributed by atoms with Gasteiger partial charge in [0.1, 0.15) is 6.29 Å². The fourth-order valence-corrected chi connectivity index (χ4v) is 4.85. The van der Waals surface area contributed by atoms with Crippen LogP contribution < -0.4 is 5.32 Å². The molecule has 4 unspecified atom stereocenters. The summed E-state index contributed by atoms with van der Waals surface area (Å²) in [5, 5.41) is 2.12. The van der Waals surface area contributed by atoms with Gasteiger partial charge in [0.25, 0.3) is 0 Å². The maximum absolute atomic E-state index is 13.0. The molecule has 0 amide bonds. The minimum atomic E-state index is -4.65. The number of aldehydes is 1. The van der Waals surface area contributed by atoms with Gasteiger partial charge in [0, 0.05) is 13.0 Å². The zero-order chi connectivity index (χ0) is 23.7. The molecule has 0 bridgehead atoms. The van der Waals surface area contributed by atoms with Crippen LogP contribution in [0.5, 0.6) is 0 Å². The van der Waals surface area contributed by atoms with E-state index in [1.165, 1.54) is 6.92 Å². The van der Waals surface area contributed by atoms with Crippen molar-refractivity contribution in [2.45, 2.75) is 36.6 Å². The number of carbonyl (C=O) groups is 1. The molecular weight excluding hydrogens is 431 g/mol. The first-order valence-electron chi connectivity index (χ1n) is 9.86. The van der Waals surface area contributed by atoms with Crippen molar-refractivity contribution in [1.29, 1.82) is 0 Å². The molecule has 1 aromatic carbocycles. The van der Waals surface area contributed by atoms with E-state index >= 15 is 0 Å². The Morgan fingerprint density at radius 3 is 2.45 bits per heavy atom. The smallest absolute Gasteiger partial charge is 0.416 e. The van der Waals surface area contributed by atoms with Crippen molar-refractivity contribution < 1.29 is 31.1 Å². The van der Waals surface area contributed by atoms with E-state index in [1.54, 1.807) is 19.4 Å². The number of allylic oxidation sites excluding steroid dienone is 1. The lowest BCUT2D eigenvalue weighted by Crippen LogP contribution is -2.37. The highest BCUT2D eigenvalue weighted by atomic mass is 32.2. The maximum atomic E-state index is 13.0. The number of hydrogen-bond donors (Lipinski definition) is 1. The van der Waals surface area contributed by atoms with Crippen molar-refractivity contribution >= 4 is 16.1 Å². The highest BCUT2D eigenvalue weighted by Crippen LogP contribution is 2.32. The quantitative estimate of drug-likeness (QED) is 0.270. The monoisotopic (exact) mass is 461 g/mol. The number of methoxy groups -OCH3 is 1. The molecule has 0 aliphatic carbocycles. The highest BCUT2D eigenvalue weighted by molar-refractivity contribution is 7.92. The van der Waals surface area contributed by atoms with E-state index in [-0.39, 0.29) is 24.8 Å². The van der Waals surface area contributed by atoms with E-state index in [2.05, 4.69) is 11.9 Å². The number of sulfone groups is 1. The number of ether oxygens (including phenoxy) is 1. The summed E-state index contributed by atoms with van der Waals surface area (Å²) in [4.78, 5) is 10.7. The second kappa shape index (κ2) is 12.0. The fourth-order valence-electron chi connectivity index (χ4n) is 3.15. The zero-order valence-electron chi connectivity index (χ0n) is 17.9. The molecule has 5 nitrogen and oxygen atoms in total. The summed E-state index contributed by atoms with van der Waals surface area (Å²) in [5.41, 5.74) is -1.03. The van der Waals surface area contributed by atoms with E-state index in [4.69, 9.17) is 4.74 Å². The normalized spacial score (nSPS) is 16.5. The molecule has 1 aromatic rings. The third-order valence-corrected chi connectivity index (χ3v) is 7.60. The average Bonchev–Trinajstić information content (AvgIpc) is 2.73. The van der Waals surface area contributed by atoms with E-state index in [1.807, 2.05) is 13.0 Å². The molecule has 0 saturated heterocycles. The van der Waals surface area contributed by atoms with E-state index in [9.17, 15) is 26.4 Å². The Labute approximate surface area is 182 Å². The van der Waals surface area contributed by atoms with Gasteiger partial charge in [-0.3, -0.25) is 0 Å². The third kappa shape index (κ3) is 7.81. The third-order valence-electron chi connectivity index (χ3n) is 5.33. The van der Waals surface area contributed by atoms with Gasteiger partial charge in [-0.2, -0.15) is 13.2 Å². The molecule has 0 spiro atoms. The zero-order valence-corrected chi connectivity index (χ0v) is 18.7. The average molecular weight is 462 g/mol. The molecule has 0 fully saturated rings. The van der Waals surface area contributed by atoms with Gasteiger partial charge < -0.3 is 14.8 Å². The molecule has 9 heteroatoms. The molecule has 0 radical (unpaired) electrons. The molecule has 0 aromatic heterocycles. The van der Waals surface area contributed by atoms with Crippen molar-refractivity contribution in [2.75, 3.05) is 20.2 Å². The van der Waals surface area contributed by atoms with Gasteiger partial charge in [0.05, 0.1) is 29.1 Å². The minimum Gasteiger partial charge on any atom is -0.505 e. The van der Waals surface area contributed by atoms with E-state index in [0.717, 1.165) is 18.2 Å². The molecule has 31 heavy (non-hydrogen) atoms. The van der Waals surface area contributed by atoms with Crippen LogP contribution in [0.3, 0.4) is 0 Å². The second-order valence-corrected chi connectivity index (χ2v) is 9.72. The van der Waals surface area contributed by atoms with Crippen LogP contribution in [0.2, 0.25) is 0 Å². The highest BCUT2D eigenvalue weighted by Gasteiger charge is 2.34. The van der Waals surface area contributed by atoms with Gasteiger partial charge in [0.2, 0.25) is 0 Å². The molecular formula is C22H30F3NO4S. The van der Waals surface area contributed by atoms with Gasteiger partial charge in [0.15, 0.2) is 9.84 Å². The Bertz CT molecular complexity index is 853. The van der Waals surface area contributed by atoms with Crippen molar-refractivity contribution in [1.82, 2.24) is 5.32 Å². The summed E-state index contributed by atoms with van der Waals surface area (Å²) >= 11 is 0. The van der Waals surface area contributed by atoms with Crippen LogP contribution in [0.25, 0.3) is 0 Å². The minimum absolute atomic E-state index is 0.0375. The van der Waals surface area contributed by atoms with Gasteiger partial charge in [-0.1, -0.05) is 19.1 Å². The molecule has 0 aliphatic heterocycles. The summed E-state index contributed by atoms with van der Waals surface area (Å²) < 4.78 is 69.8. The summed E-state index contributed by atoms with van der Waals surface area (Å²) in [6, 6.07) is 3.67. The predicted octanol–water partition coefficient (Wildman–Crippen LogP) is 4.26. The Hall–Kier alpha value is -2.13. The lowest BCUT2D eigenvalue weighted by atomic mass is 9.93. The van der Waals surface area contributed by atoms with Gasteiger partial charge in [-0.05, 0) is 55.5 Å². The molecule has 0 heterocycles. The predicted molar refractivity (Wildman–Crippen MR) is 114 cm³/mol. The van der Waals surface area contributed by atoms with Crippen LogP contribution in [0.1, 0.15) is 25.8 Å². The molecule has 4 atom stereocenters. The lowest BCUT2D eigenvalue weighted by molar-refractivity contribution is -0.137. The fraction of sp³-hybridized carbons (Fsp3) is 0.500. The Morgan fingerprint density at radius 2 is 1.90 bits per heavy atom. The van der Waals surface area contributed by atoms with E-state index in [0.29, 0.717) is 18.9 Å². The Morgan fingerprint density at radius 1 is 1.23 bits per heavy atom. The largest absolute Gasteiger partial charge is 0.505 e. The summed E-state index contributed by atoms with van der Waals surface area (Å²) in [5.74, 6) is -0.452. The first-order chi connectivity index (χ1) is 14.5. The number of nitrogens with one attached hydrogen (secondary N) is 1. The number of halogens is 3.